The fourth-order valence-electron chi connectivity index (χ4n) is 3.08. The van der Waals surface area contributed by atoms with Gasteiger partial charge in [0.2, 0.25) is 5.91 Å². The third kappa shape index (κ3) is 3.95. The van der Waals surface area contributed by atoms with Crippen molar-refractivity contribution in [3.05, 3.63) is 64.6 Å². The number of H-pyrrole nitrogens is 1. The van der Waals surface area contributed by atoms with E-state index in [1.165, 1.54) is 29.2 Å². The van der Waals surface area contributed by atoms with E-state index < -0.39 is 5.97 Å². The van der Waals surface area contributed by atoms with Crippen LogP contribution in [-0.2, 0) is 11.2 Å². The summed E-state index contributed by atoms with van der Waals surface area (Å²) in [4.78, 5) is 29.0. The Morgan fingerprint density at radius 1 is 1.19 bits per heavy atom. The molecule has 5 nitrogen and oxygen atoms in total. The average Bonchev–Trinajstić information content (AvgIpc) is 2.98. The lowest BCUT2D eigenvalue weighted by molar-refractivity contribution is -0.118. The van der Waals surface area contributed by atoms with Crippen LogP contribution in [0.4, 0.5) is 10.1 Å². The van der Waals surface area contributed by atoms with Crippen molar-refractivity contribution in [3.63, 3.8) is 0 Å². The summed E-state index contributed by atoms with van der Waals surface area (Å²) in [5, 5.41) is 10.6. The van der Waals surface area contributed by atoms with Crippen molar-refractivity contribution in [2.45, 2.75) is 19.8 Å². The Bertz CT molecular complexity index is 998. The molecule has 0 unspecified atom stereocenters. The Kier molecular flexibility index (Phi) is 5.46. The molecular weight excluding hydrogens is 371 g/mol. The standard InChI is InChI=1S/C20H18ClFN2O3/c1-2-9-24(14-6-4-13(22)5-7-14)18(25)11-16-15-10-12(21)3-8-17(15)23-19(16)20(26)27/h3-8,10,23H,2,9,11H2,1H3,(H,26,27). The minimum atomic E-state index is -1.14. The second kappa shape index (κ2) is 7.80. The molecule has 1 amide bonds. The first kappa shape index (κ1) is 18.9. The molecule has 0 spiro atoms. The van der Waals surface area contributed by atoms with Gasteiger partial charge in [-0.15, -0.1) is 0 Å². The second-order valence-corrected chi connectivity index (χ2v) is 6.61. The largest absolute Gasteiger partial charge is 0.477 e. The van der Waals surface area contributed by atoms with Crippen molar-refractivity contribution in [2.24, 2.45) is 0 Å². The highest BCUT2D eigenvalue weighted by molar-refractivity contribution is 6.31. The van der Waals surface area contributed by atoms with Gasteiger partial charge in [0.25, 0.3) is 0 Å². The number of rotatable bonds is 6. The highest BCUT2D eigenvalue weighted by Crippen LogP contribution is 2.27. The second-order valence-electron chi connectivity index (χ2n) is 6.17. The molecule has 2 N–H and O–H groups in total. The fraction of sp³-hybridized carbons (Fsp3) is 0.200. The van der Waals surface area contributed by atoms with Gasteiger partial charge in [-0.1, -0.05) is 18.5 Å². The van der Waals surface area contributed by atoms with Crippen molar-refractivity contribution in [1.29, 1.82) is 0 Å². The molecule has 27 heavy (non-hydrogen) atoms. The van der Waals surface area contributed by atoms with Crippen molar-refractivity contribution >= 4 is 40.1 Å². The number of halogens is 2. The van der Waals surface area contributed by atoms with Crippen LogP contribution in [0.15, 0.2) is 42.5 Å². The van der Waals surface area contributed by atoms with Gasteiger partial charge in [0.15, 0.2) is 0 Å². The monoisotopic (exact) mass is 388 g/mol. The van der Waals surface area contributed by atoms with Gasteiger partial charge >= 0.3 is 5.97 Å². The van der Waals surface area contributed by atoms with Crippen LogP contribution in [0.2, 0.25) is 5.02 Å². The summed E-state index contributed by atoms with van der Waals surface area (Å²) in [6.07, 6.45) is 0.591. The summed E-state index contributed by atoms with van der Waals surface area (Å²) in [7, 11) is 0. The molecule has 0 aliphatic carbocycles. The van der Waals surface area contributed by atoms with Gasteiger partial charge in [0.1, 0.15) is 11.5 Å². The number of aromatic carboxylic acids is 1. The van der Waals surface area contributed by atoms with E-state index in [1.54, 1.807) is 18.2 Å². The van der Waals surface area contributed by atoms with Gasteiger partial charge in [0.05, 0.1) is 6.42 Å². The number of benzene rings is 2. The molecule has 0 saturated carbocycles. The minimum absolute atomic E-state index is 0.0313. The topological polar surface area (TPSA) is 73.4 Å². The first-order chi connectivity index (χ1) is 12.9. The number of fused-ring (bicyclic) bond motifs is 1. The molecule has 0 bridgehead atoms. The molecule has 7 heteroatoms. The SMILES string of the molecule is CCCN(C(=O)Cc1c(C(=O)O)[nH]c2ccc(Cl)cc12)c1ccc(F)cc1. The summed E-state index contributed by atoms with van der Waals surface area (Å²) in [5.41, 5.74) is 1.52. The maximum Gasteiger partial charge on any atom is 0.352 e. The summed E-state index contributed by atoms with van der Waals surface area (Å²) >= 11 is 6.05. The summed E-state index contributed by atoms with van der Waals surface area (Å²) in [6.45, 7) is 2.37. The number of carboxylic acid groups (broad SMARTS) is 1. The van der Waals surface area contributed by atoms with Crippen LogP contribution < -0.4 is 4.90 Å². The fourth-order valence-corrected chi connectivity index (χ4v) is 3.25. The van der Waals surface area contributed by atoms with E-state index in [4.69, 9.17) is 11.6 Å². The normalized spacial score (nSPS) is 10.9. The zero-order chi connectivity index (χ0) is 19.6. The highest BCUT2D eigenvalue weighted by atomic mass is 35.5. The Balaban J connectivity index is 2.00. The molecule has 0 radical (unpaired) electrons. The van der Waals surface area contributed by atoms with Crippen LogP contribution in [0.25, 0.3) is 10.9 Å². The molecule has 3 rings (SSSR count). The van der Waals surface area contributed by atoms with Gasteiger partial charge in [-0.3, -0.25) is 4.79 Å². The van der Waals surface area contributed by atoms with Crippen LogP contribution in [0.3, 0.4) is 0 Å². The van der Waals surface area contributed by atoms with Gasteiger partial charge in [-0.05, 0) is 48.9 Å². The number of hydrogen-bond acceptors (Lipinski definition) is 2. The summed E-state index contributed by atoms with van der Waals surface area (Å²) < 4.78 is 13.2. The van der Waals surface area contributed by atoms with Crippen molar-refractivity contribution in [3.8, 4) is 0 Å². The van der Waals surface area contributed by atoms with Gasteiger partial charge in [-0.25, -0.2) is 9.18 Å². The van der Waals surface area contributed by atoms with Crippen molar-refractivity contribution in [1.82, 2.24) is 4.98 Å². The van der Waals surface area contributed by atoms with Crippen LogP contribution in [0.1, 0.15) is 29.4 Å². The molecule has 0 aliphatic rings. The highest BCUT2D eigenvalue weighted by Gasteiger charge is 2.23. The number of amides is 1. The Morgan fingerprint density at radius 2 is 1.89 bits per heavy atom. The van der Waals surface area contributed by atoms with Crippen molar-refractivity contribution in [2.75, 3.05) is 11.4 Å². The number of carbonyl (C=O) groups is 2. The smallest absolute Gasteiger partial charge is 0.352 e. The van der Waals surface area contributed by atoms with Gasteiger partial charge in [0, 0.05) is 33.7 Å². The zero-order valence-corrected chi connectivity index (χ0v) is 15.4. The molecule has 1 aromatic heterocycles. The molecular formula is C20H18ClFN2O3. The maximum absolute atomic E-state index is 13.2. The summed E-state index contributed by atoms with van der Waals surface area (Å²) in [5.74, 6) is -1.80. The lowest BCUT2D eigenvalue weighted by Gasteiger charge is -2.22. The van der Waals surface area contributed by atoms with E-state index in [-0.39, 0.29) is 23.8 Å². The molecule has 0 fully saturated rings. The minimum Gasteiger partial charge on any atom is -0.477 e. The Hall–Kier alpha value is -2.86. The summed E-state index contributed by atoms with van der Waals surface area (Å²) in [6, 6.07) is 10.6. The number of aromatic nitrogens is 1. The van der Waals surface area contributed by atoms with Crippen molar-refractivity contribution < 1.29 is 19.1 Å². The van der Waals surface area contributed by atoms with Crippen LogP contribution in [-0.4, -0.2) is 28.5 Å². The van der Waals surface area contributed by atoms with E-state index >= 15 is 0 Å². The predicted molar refractivity (Wildman–Crippen MR) is 103 cm³/mol. The zero-order valence-electron chi connectivity index (χ0n) is 14.6. The molecule has 140 valence electrons. The third-order valence-electron chi connectivity index (χ3n) is 4.30. The van der Waals surface area contributed by atoms with Crippen LogP contribution in [0.5, 0.6) is 0 Å². The van der Waals surface area contributed by atoms with E-state index in [0.29, 0.717) is 40.1 Å². The lowest BCUT2D eigenvalue weighted by Crippen LogP contribution is -2.33. The first-order valence-electron chi connectivity index (χ1n) is 8.50. The van der Waals surface area contributed by atoms with Crippen LogP contribution in [0, 0.1) is 5.82 Å². The van der Waals surface area contributed by atoms with E-state index in [0.717, 1.165) is 0 Å². The molecule has 1 heterocycles. The number of aromatic amines is 1. The Labute approximate surface area is 160 Å². The van der Waals surface area contributed by atoms with Gasteiger partial charge < -0.3 is 15.0 Å². The van der Waals surface area contributed by atoms with Gasteiger partial charge in [-0.2, -0.15) is 0 Å². The number of carboxylic acids is 1. The number of nitrogens with one attached hydrogen (secondary N) is 1. The Morgan fingerprint density at radius 3 is 2.52 bits per heavy atom. The number of nitrogens with zero attached hydrogens (tertiary/aromatic N) is 1. The lowest BCUT2D eigenvalue weighted by atomic mass is 10.1. The van der Waals surface area contributed by atoms with E-state index in [9.17, 15) is 19.1 Å². The number of anilines is 1. The molecule has 0 atom stereocenters. The quantitative estimate of drug-likeness (QED) is 0.645. The molecule has 2 aromatic carbocycles. The average molecular weight is 389 g/mol. The van der Waals surface area contributed by atoms with E-state index in [1.807, 2.05) is 6.92 Å². The molecule has 0 saturated heterocycles. The van der Waals surface area contributed by atoms with E-state index in [2.05, 4.69) is 4.98 Å². The first-order valence-corrected chi connectivity index (χ1v) is 8.87. The number of carbonyl (C=O) groups excluding carboxylic acids is 1. The molecule has 3 aromatic rings. The molecule has 0 aliphatic heterocycles. The van der Waals surface area contributed by atoms with Crippen LogP contribution >= 0.6 is 11.6 Å². The number of hydrogen-bond donors (Lipinski definition) is 2. The third-order valence-corrected chi connectivity index (χ3v) is 4.53. The maximum atomic E-state index is 13.2. The predicted octanol–water partition coefficient (Wildman–Crippen LogP) is 4.64.